The highest BCUT2D eigenvalue weighted by Gasteiger charge is 2.07. The van der Waals surface area contributed by atoms with Crippen molar-refractivity contribution in [1.29, 1.82) is 0 Å². The number of halogens is 1. The topological polar surface area (TPSA) is 13.1 Å². The maximum Gasteiger partial charge on any atom is 0.278 e. The monoisotopic (exact) mass is 178 g/mol. The van der Waals surface area contributed by atoms with E-state index in [-0.39, 0.29) is 0 Å². The lowest BCUT2D eigenvalue weighted by Crippen LogP contribution is -1.82. The van der Waals surface area contributed by atoms with Crippen LogP contribution in [0.1, 0.15) is 18.1 Å². The Balaban J connectivity index is 2.80. The van der Waals surface area contributed by atoms with Gasteiger partial charge >= 0.3 is 0 Å². The van der Waals surface area contributed by atoms with Crippen LogP contribution in [0.5, 0.6) is 0 Å². The van der Waals surface area contributed by atoms with Gasteiger partial charge in [-0.05, 0) is 30.5 Å². The average Bonchev–Trinajstić information content (AvgIpc) is 2.43. The molecular formula is C11H11FO. The van der Waals surface area contributed by atoms with E-state index in [1.165, 1.54) is 6.07 Å². The van der Waals surface area contributed by atoms with Crippen molar-refractivity contribution in [2.45, 2.75) is 20.3 Å². The third-order valence-electron chi connectivity index (χ3n) is 2.19. The highest BCUT2D eigenvalue weighted by atomic mass is 19.1. The van der Waals surface area contributed by atoms with Gasteiger partial charge in [-0.2, -0.15) is 4.39 Å². The van der Waals surface area contributed by atoms with E-state index in [4.69, 9.17) is 4.42 Å². The van der Waals surface area contributed by atoms with Crippen LogP contribution in [-0.2, 0) is 6.42 Å². The fraction of sp³-hybridized carbons (Fsp3) is 0.273. The van der Waals surface area contributed by atoms with Gasteiger partial charge in [0.2, 0.25) is 0 Å². The number of hydrogen-bond acceptors (Lipinski definition) is 1. The van der Waals surface area contributed by atoms with Crippen LogP contribution in [0.3, 0.4) is 0 Å². The van der Waals surface area contributed by atoms with Crippen LogP contribution in [0.15, 0.2) is 22.6 Å². The standard InChI is InChI=1S/C11H11FO/c1-3-8-4-7(2)5-9-6-10(12)13-11(8)9/h4-6H,3H2,1-2H3. The molecule has 0 aliphatic rings. The molecule has 0 bridgehead atoms. The molecule has 13 heavy (non-hydrogen) atoms. The zero-order valence-electron chi connectivity index (χ0n) is 7.73. The minimum atomic E-state index is -0.504. The first-order chi connectivity index (χ1) is 6.20. The zero-order chi connectivity index (χ0) is 9.42. The van der Waals surface area contributed by atoms with Gasteiger partial charge in [0.25, 0.3) is 6.01 Å². The third kappa shape index (κ3) is 1.32. The van der Waals surface area contributed by atoms with E-state index in [1.807, 2.05) is 26.0 Å². The predicted octanol–water partition coefficient (Wildman–Crippen LogP) is 3.44. The normalized spacial score (nSPS) is 11.0. The van der Waals surface area contributed by atoms with Crippen molar-refractivity contribution in [3.8, 4) is 0 Å². The van der Waals surface area contributed by atoms with Crippen molar-refractivity contribution in [3.05, 3.63) is 35.3 Å². The molecule has 2 heteroatoms. The molecule has 0 fully saturated rings. The zero-order valence-corrected chi connectivity index (χ0v) is 7.73. The summed E-state index contributed by atoms with van der Waals surface area (Å²) in [6.45, 7) is 4.04. The molecule has 1 aromatic carbocycles. The lowest BCUT2D eigenvalue weighted by molar-refractivity contribution is 0.380. The van der Waals surface area contributed by atoms with Gasteiger partial charge in [-0.25, -0.2) is 0 Å². The average molecular weight is 178 g/mol. The molecule has 0 amide bonds. The van der Waals surface area contributed by atoms with E-state index in [0.29, 0.717) is 5.58 Å². The maximum atomic E-state index is 12.8. The van der Waals surface area contributed by atoms with E-state index in [1.54, 1.807) is 0 Å². The summed E-state index contributed by atoms with van der Waals surface area (Å²) in [5.74, 6) is 0. The molecule has 68 valence electrons. The minimum Gasteiger partial charge on any atom is -0.431 e. The summed E-state index contributed by atoms with van der Waals surface area (Å²) in [6.07, 6.45) is 0.866. The fourth-order valence-corrected chi connectivity index (χ4v) is 1.62. The van der Waals surface area contributed by atoms with Gasteiger partial charge in [0, 0.05) is 11.5 Å². The van der Waals surface area contributed by atoms with Crippen molar-refractivity contribution < 1.29 is 8.81 Å². The van der Waals surface area contributed by atoms with Crippen molar-refractivity contribution >= 4 is 11.0 Å². The van der Waals surface area contributed by atoms with Crippen LogP contribution in [0.25, 0.3) is 11.0 Å². The van der Waals surface area contributed by atoms with Gasteiger partial charge in [-0.1, -0.05) is 13.0 Å². The molecule has 0 N–H and O–H groups in total. The lowest BCUT2D eigenvalue weighted by Gasteiger charge is -1.99. The van der Waals surface area contributed by atoms with Crippen molar-refractivity contribution in [2.24, 2.45) is 0 Å². The third-order valence-corrected chi connectivity index (χ3v) is 2.19. The van der Waals surface area contributed by atoms with Gasteiger partial charge in [0.05, 0.1) is 0 Å². The summed E-state index contributed by atoms with van der Waals surface area (Å²) in [7, 11) is 0. The fourth-order valence-electron chi connectivity index (χ4n) is 1.62. The first kappa shape index (κ1) is 8.30. The molecule has 0 radical (unpaired) electrons. The Kier molecular flexibility index (Phi) is 1.83. The van der Waals surface area contributed by atoms with Gasteiger partial charge in [-0.3, -0.25) is 0 Å². The Bertz CT molecular complexity index is 443. The molecule has 0 saturated carbocycles. The Hall–Kier alpha value is -1.31. The molecular weight excluding hydrogens is 167 g/mol. The van der Waals surface area contributed by atoms with Crippen LogP contribution >= 0.6 is 0 Å². The van der Waals surface area contributed by atoms with Gasteiger partial charge in [-0.15, -0.1) is 0 Å². The summed E-state index contributed by atoms with van der Waals surface area (Å²) >= 11 is 0. The summed E-state index contributed by atoms with van der Waals surface area (Å²) in [5.41, 5.74) is 2.90. The molecule has 2 aromatic rings. The lowest BCUT2D eigenvalue weighted by atomic mass is 10.1. The van der Waals surface area contributed by atoms with E-state index < -0.39 is 6.01 Å². The number of benzene rings is 1. The second-order valence-corrected chi connectivity index (χ2v) is 3.25. The summed E-state index contributed by atoms with van der Waals surface area (Å²) < 4.78 is 17.8. The number of aryl methyl sites for hydroxylation is 2. The second kappa shape index (κ2) is 2.87. The maximum absolute atomic E-state index is 12.8. The summed E-state index contributed by atoms with van der Waals surface area (Å²) in [4.78, 5) is 0. The smallest absolute Gasteiger partial charge is 0.278 e. The van der Waals surface area contributed by atoms with Crippen molar-refractivity contribution in [1.82, 2.24) is 0 Å². The Morgan fingerprint density at radius 3 is 2.77 bits per heavy atom. The summed E-state index contributed by atoms with van der Waals surface area (Å²) in [6, 6.07) is 4.89. The van der Waals surface area contributed by atoms with Crippen LogP contribution in [0, 0.1) is 12.9 Å². The predicted molar refractivity (Wildman–Crippen MR) is 50.3 cm³/mol. The molecule has 1 nitrogen and oxygen atoms in total. The molecule has 1 aromatic heterocycles. The Morgan fingerprint density at radius 2 is 2.08 bits per heavy atom. The van der Waals surface area contributed by atoms with Gasteiger partial charge < -0.3 is 4.42 Å². The molecule has 0 unspecified atom stereocenters. The first-order valence-electron chi connectivity index (χ1n) is 4.39. The Labute approximate surface area is 76.2 Å². The largest absolute Gasteiger partial charge is 0.431 e. The highest BCUT2D eigenvalue weighted by molar-refractivity contribution is 5.81. The van der Waals surface area contributed by atoms with E-state index in [9.17, 15) is 4.39 Å². The number of hydrogen-bond donors (Lipinski definition) is 0. The van der Waals surface area contributed by atoms with Crippen LogP contribution in [-0.4, -0.2) is 0 Å². The molecule has 0 atom stereocenters. The highest BCUT2D eigenvalue weighted by Crippen LogP contribution is 2.24. The molecule has 1 heterocycles. The van der Waals surface area contributed by atoms with E-state index >= 15 is 0 Å². The van der Waals surface area contributed by atoms with Crippen molar-refractivity contribution in [3.63, 3.8) is 0 Å². The van der Waals surface area contributed by atoms with Crippen molar-refractivity contribution in [2.75, 3.05) is 0 Å². The first-order valence-corrected chi connectivity index (χ1v) is 4.39. The Morgan fingerprint density at radius 1 is 1.31 bits per heavy atom. The molecule has 0 saturated heterocycles. The van der Waals surface area contributed by atoms with Crippen LogP contribution in [0.4, 0.5) is 4.39 Å². The molecule has 0 aliphatic carbocycles. The van der Waals surface area contributed by atoms with Gasteiger partial charge in [0.15, 0.2) is 0 Å². The quantitative estimate of drug-likeness (QED) is 0.652. The van der Waals surface area contributed by atoms with E-state index in [0.717, 1.165) is 22.9 Å². The molecule has 2 rings (SSSR count). The molecule has 0 spiro atoms. The summed E-state index contributed by atoms with van der Waals surface area (Å²) in [5, 5.41) is 0.856. The number of furan rings is 1. The number of fused-ring (bicyclic) bond motifs is 1. The molecule has 0 aliphatic heterocycles. The number of rotatable bonds is 1. The van der Waals surface area contributed by atoms with Gasteiger partial charge in [0.1, 0.15) is 5.58 Å². The van der Waals surface area contributed by atoms with Crippen LogP contribution in [0.2, 0.25) is 0 Å². The SMILES string of the molecule is CCc1cc(C)cc2cc(F)oc12. The second-order valence-electron chi connectivity index (χ2n) is 3.25. The minimum absolute atomic E-state index is 0.504. The van der Waals surface area contributed by atoms with Crippen LogP contribution < -0.4 is 0 Å². The van der Waals surface area contributed by atoms with E-state index in [2.05, 4.69) is 0 Å².